The van der Waals surface area contributed by atoms with Crippen molar-refractivity contribution in [1.29, 1.82) is 0 Å². The zero-order valence-electron chi connectivity index (χ0n) is 11.2. The molecule has 4 aliphatic heterocycles. The monoisotopic (exact) mass is 319 g/mol. The first-order chi connectivity index (χ1) is 10.2. The molecular weight excluding hydrogens is 302 g/mol. The Morgan fingerprint density at radius 3 is 2.45 bits per heavy atom. The highest BCUT2D eigenvalue weighted by Crippen LogP contribution is 2.58. The highest BCUT2D eigenvalue weighted by atomic mass is 16.9. The number of rotatable bonds is 1. The van der Waals surface area contributed by atoms with E-state index in [0.29, 0.717) is 0 Å². The average molecular weight is 319 g/mol. The summed E-state index contributed by atoms with van der Waals surface area (Å²) in [6.07, 6.45) is -7.77. The predicted molar refractivity (Wildman–Crippen MR) is 65.7 cm³/mol. The van der Waals surface area contributed by atoms with Crippen LogP contribution >= 0.6 is 0 Å². The minimum Gasteiger partial charge on any atom is -0.393 e. The first-order valence-electron chi connectivity index (χ1n) is 6.77. The molecule has 4 fully saturated rings. The van der Waals surface area contributed by atoms with Gasteiger partial charge in [0.25, 0.3) is 0 Å². The van der Waals surface area contributed by atoms with Crippen LogP contribution in [0, 0.1) is 5.92 Å². The van der Waals surface area contributed by atoms with E-state index < -0.39 is 60.3 Å². The second-order valence-corrected chi connectivity index (χ2v) is 6.22. The van der Waals surface area contributed by atoms with Crippen LogP contribution in [0.25, 0.3) is 0 Å². The minimum absolute atomic E-state index is 0.250. The zero-order valence-corrected chi connectivity index (χ0v) is 11.2. The maximum atomic E-state index is 10.6. The number of aliphatic imine (C=N–C) groups is 1. The molecule has 0 aromatic carbocycles. The molecule has 3 saturated heterocycles. The predicted octanol–water partition coefficient (Wildman–Crippen LogP) is -5.52. The van der Waals surface area contributed by atoms with Gasteiger partial charge >= 0.3 is 5.97 Å². The van der Waals surface area contributed by atoms with Crippen molar-refractivity contribution < 1.29 is 40.1 Å². The molecule has 9 atom stereocenters. The van der Waals surface area contributed by atoms with Crippen LogP contribution in [-0.2, 0) is 9.47 Å². The van der Waals surface area contributed by atoms with Gasteiger partial charge in [0.15, 0.2) is 18.3 Å². The number of hydrogen-bond donors (Lipinski definition) is 8. The second kappa shape index (κ2) is 3.88. The molecule has 22 heavy (non-hydrogen) atoms. The summed E-state index contributed by atoms with van der Waals surface area (Å²) >= 11 is 0. The van der Waals surface area contributed by atoms with Crippen molar-refractivity contribution in [2.45, 2.75) is 47.8 Å². The Kier molecular flexibility index (Phi) is 2.57. The van der Waals surface area contributed by atoms with E-state index in [1.807, 2.05) is 0 Å². The van der Waals surface area contributed by atoms with Gasteiger partial charge in [-0.2, -0.15) is 0 Å². The number of nitrogens with one attached hydrogen (secondary N) is 1. The molecule has 1 aliphatic carbocycles. The van der Waals surface area contributed by atoms with E-state index in [4.69, 9.17) is 15.2 Å². The lowest BCUT2D eigenvalue weighted by Crippen LogP contribution is -2.95. The molecule has 5 aliphatic rings. The fourth-order valence-electron chi connectivity index (χ4n) is 4.24. The van der Waals surface area contributed by atoms with E-state index in [9.17, 15) is 30.6 Å². The van der Waals surface area contributed by atoms with Gasteiger partial charge < -0.3 is 51.2 Å². The molecule has 124 valence electrons. The summed E-state index contributed by atoms with van der Waals surface area (Å²) in [5.74, 6) is -3.95. The van der Waals surface area contributed by atoms with Gasteiger partial charge in [0, 0.05) is 0 Å². The molecule has 11 nitrogen and oxygen atoms in total. The summed E-state index contributed by atoms with van der Waals surface area (Å²) in [4.78, 5) is 3.70. The molecule has 1 spiro atoms. The first-order valence-corrected chi connectivity index (χ1v) is 6.77. The molecule has 4 bridgehead atoms. The lowest BCUT2D eigenvalue weighted by atomic mass is 9.55. The quantitative estimate of drug-likeness (QED) is 0.231. The topological polar surface area (TPSA) is 190 Å². The van der Waals surface area contributed by atoms with Crippen molar-refractivity contribution in [3.63, 3.8) is 0 Å². The number of nitrogens with zero attached hydrogens (tertiary/aromatic N) is 1. The molecule has 9 N–H and O–H groups in total. The zero-order chi connectivity index (χ0) is 16.1. The van der Waals surface area contributed by atoms with Gasteiger partial charge in [0.05, 0.1) is 12.5 Å². The van der Waals surface area contributed by atoms with E-state index in [-0.39, 0.29) is 5.96 Å². The number of guanidine groups is 1. The van der Waals surface area contributed by atoms with Gasteiger partial charge in [0.1, 0.15) is 29.5 Å². The fourth-order valence-corrected chi connectivity index (χ4v) is 4.24. The minimum atomic E-state index is -2.52. The second-order valence-electron chi connectivity index (χ2n) is 6.22. The Morgan fingerprint density at radius 1 is 1.18 bits per heavy atom. The molecule has 2 unspecified atom stereocenters. The maximum Gasteiger partial charge on any atom is 0.311 e. The summed E-state index contributed by atoms with van der Waals surface area (Å²) in [6, 6.07) is 0. The Balaban J connectivity index is 1.95. The van der Waals surface area contributed by atoms with Gasteiger partial charge in [-0.3, -0.25) is 0 Å². The third-order valence-corrected chi connectivity index (χ3v) is 5.22. The van der Waals surface area contributed by atoms with Crippen LogP contribution in [0.3, 0.4) is 0 Å². The highest BCUT2D eigenvalue weighted by Gasteiger charge is 2.82. The Hall–Kier alpha value is -1.05. The summed E-state index contributed by atoms with van der Waals surface area (Å²) in [5, 5.41) is 64.3. The molecule has 4 heterocycles. The van der Waals surface area contributed by atoms with Crippen molar-refractivity contribution in [3.05, 3.63) is 0 Å². The largest absolute Gasteiger partial charge is 0.393 e. The van der Waals surface area contributed by atoms with Crippen LogP contribution in [0.4, 0.5) is 0 Å². The van der Waals surface area contributed by atoms with Crippen molar-refractivity contribution in [3.8, 4) is 0 Å². The van der Waals surface area contributed by atoms with Gasteiger partial charge in [-0.1, -0.05) is 0 Å². The number of nitrogens with two attached hydrogens (primary N) is 1. The summed E-state index contributed by atoms with van der Waals surface area (Å²) in [6.45, 7) is -0.857. The number of aliphatic hydroxyl groups excluding tert-OH is 4. The van der Waals surface area contributed by atoms with Crippen molar-refractivity contribution in [1.82, 2.24) is 5.32 Å². The normalized spacial score (nSPS) is 62.4. The third kappa shape index (κ3) is 1.28. The van der Waals surface area contributed by atoms with Crippen LogP contribution in [-0.4, -0.2) is 91.0 Å². The molecular formula is C11H17N3O8. The van der Waals surface area contributed by atoms with E-state index >= 15 is 0 Å². The first kappa shape index (κ1) is 14.5. The van der Waals surface area contributed by atoms with Gasteiger partial charge in [-0.15, -0.1) is 0 Å². The Labute approximate surface area is 123 Å². The summed E-state index contributed by atoms with van der Waals surface area (Å²) in [7, 11) is 0. The molecule has 0 aromatic rings. The average Bonchev–Trinajstić information content (AvgIpc) is 2.45. The van der Waals surface area contributed by atoms with Gasteiger partial charge in [-0.25, -0.2) is 4.99 Å². The molecule has 1 saturated carbocycles. The van der Waals surface area contributed by atoms with Crippen LogP contribution < -0.4 is 11.1 Å². The van der Waals surface area contributed by atoms with E-state index in [0.717, 1.165) is 0 Å². The number of aliphatic hydroxyl groups is 6. The van der Waals surface area contributed by atoms with Crippen LogP contribution in [0.2, 0.25) is 0 Å². The molecule has 0 amide bonds. The SMILES string of the molecule is NC1=N[C@@H](O)C2[C@@H]3O[C@@]4(O)O[C@H]([C@H](O)C2(N1)[C@@H]4O)[C@]3(O)CO. The lowest BCUT2D eigenvalue weighted by Gasteiger charge is -2.71. The number of hydrogen-bond acceptors (Lipinski definition) is 11. The Bertz CT molecular complexity index is 561. The summed E-state index contributed by atoms with van der Waals surface area (Å²) in [5.41, 5.74) is 1.74. The third-order valence-electron chi connectivity index (χ3n) is 5.22. The maximum absolute atomic E-state index is 10.6. The van der Waals surface area contributed by atoms with E-state index in [1.54, 1.807) is 0 Å². The molecule has 11 heteroatoms. The fraction of sp³-hybridized carbons (Fsp3) is 0.909. The van der Waals surface area contributed by atoms with Gasteiger partial charge in [-0.05, 0) is 0 Å². The number of ether oxygens (including phenoxy) is 2. The molecule has 0 radical (unpaired) electrons. The standard InChI is InChI=1S/C11H17N3O8/c12-8-13-6(17)2-4-9(19,1-15)5-3(16)10(2,14-8)7(18)11(20,21-4)22-5/h2-7,15-20H,1H2,(H3,12,13,14)/t2?,3-,4-,5+,6-,7-,9-,10?,11+/m0/s1. The lowest BCUT2D eigenvalue weighted by molar-refractivity contribution is -0.548. The van der Waals surface area contributed by atoms with Crippen molar-refractivity contribution in [2.24, 2.45) is 16.6 Å². The smallest absolute Gasteiger partial charge is 0.311 e. The van der Waals surface area contributed by atoms with Gasteiger partial charge in [0.2, 0.25) is 0 Å². The van der Waals surface area contributed by atoms with Crippen LogP contribution in [0.15, 0.2) is 4.99 Å². The summed E-state index contributed by atoms with van der Waals surface area (Å²) < 4.78 is 10.3. The van der Waals surface area contributed by atoms with Crippen LogP contribution in [0.1, 0.15) is 0 Å². The highest BCUT2D eigenvalue weighted by molar-refractivity contribution is 5.80. The Morgan fingerprint density at radius 2 is 1.82 bits per heavy atom. The van der Waals surface area contributed by atoms with Crippen molar-refractivity contribution >= 4 is 5.96 Å². The molecule has 5 rings (SSSR count). The van der Waals surface area contributed by atoms with Crippen LogP contribution in [0.5, 0.6) is 0 Å². The molecule has 0 aromatic heterocycles. The van der Waals surface area contributed by atoms with E-state index in [1.165, 1.54) is 0 Å². The van der Waals surface area contributed by atoms with Crippen molar-refractivity contribution in [2.75, 3.05) is 6.61 Å². The van der Waals surface area contributed by atoms with E-state index in [2.05, 4.69) is 10.3 Å².